The summed E-state index contributed by atoms with van der Waals surface area (Å²) in [6, 6.07) is 9.22. The number of pyridine rings is 1. The molecule has 0 spiro atoms. The van der Waals surface area contributed by atoms with E-state index in [1.54, 1.807) is 25.4 Å². The molecular weight excluding hydrogens is 397 g/mol. The molecule has 0 saturated carbocycles. The molecule has 1 aromatic carbocycles. The van der Waals surface area contributed by atoms with Crippen LogP contribution in [0.25, 0.3) is 22.2 Å². The van der Waals surface area contributed by atoms with Gasteiger partial charge >= 0.3 is 6.09 Å². The molecule has 0 aliphatic carbocycles. The van der Waals surface area contributed by atoms with Crippen molar-refractivity contribution in [2.75, 3.05) is 12.4 Å². The fourth-order valence-corrected chi connectivity index (χ4v) is 2.96. The van der Waals surface area contributed by atoms with E-state index >= 15 is 0 Å². The third-order valence-corrected chi connectivity index (χ3v) is 4.10. The average Bonchev–Trinajstić information content (AvgIpc) is 2.88. The van der Waals surface area contributed by atoms with Crippen LogP contribution >= 0.6 is 22.6 Å². The zero-order valence-electron chi connectivity index (χ0n) is 11.6. The molecule has 2 aromatic heterocycles. The maximum Gasteiger partial charge on any atom is 0.409 e. The van der Waals surface area contributed by atoms with Gasteiger partial charge in [0.15, 0.2) is 0 Å². The predicted molar refractivity (Wildman–Crippen MR) is 92.4 cm³/mol. The summed E-state index contributed by atoms with van der Waals surface area (Å²) < 4.78 is 6.34. The molecule has 0 saturated heterocycles. The van der Waals surface area contributed by atoms with Crippen LogP contribution < -0.4 is 10.1 Å². The molecular formula is C15H12IN3O3. The van der Waals surface area contributed by atoms with Crippen molar-refractivity contribution in [2.45, 2.75) is 0 Å². The van der Waals surface area contributed by atoms with Crippen LogP contribution in [0.2, 0.25) is 0 Å². The van der Waals surface area contributed by atoms with Crippen LogP contribution in [0, 0.1) is 3.57 Å². The molecule has 6 nitrogen and oxygen atoms in total. The molecule has 0 fully saturated rings. The molecule has 0 aliphatic heterocycles. The Bertz CT molecular complexity index is 860. The van der Waals surface area contributed by atoms with Gasteiger partial charge in [-0.2, -0.15) is 0 Å². The number of benzene rings is 1. The van der Waals surface area contributed by atoms with Crippen LogP contribution in [0.3, 0.4) is 0 Å². The first-order valence-corrected chi connectivity index (χ1v) is 7.48. The average molecular weight is 409 g/mol. The summed E-state index contributed by atoms with van der Waals surface area (Å²) in [6.45, 7) is 0. The molecule has 2 heterocycles. The van der Waals surface area contributed by atoms with Crippen molar-refractivity contribution >= 4 is 45.3 Å². The fourth-order valence-electron chi connectivity index (χ4n) is 2.28. The number of ether oxygens (including phenoxy) is 1. The van der Waals surface area contributed by atoms with E-state index in [1.165, 1.54) is 0 Å². The Labute approximate surface area is 139 Å². The second-order valence-corrected chi connectivity index (χ2v) is 5.75. The van der Waals surface area contributed by atoms with Crippen molar-refractivity contribution in [1.29, 1.82) is 0 Å². The van der Waals surface area contributed by atoms with E-state index in [0.717, 1.165) is 25.7 Å². The van der Waals surface area contributed by atoms with Crippen LogP contribution in [-0.2, 0) is 0 Å². The third-order valence-electron chi connectivity index (χ3n) is 3.20. The largest absolute Gasteiger partial charge is 0.480 e. The first-order valence-electron chi connectivity index (χ1n) is 6.40. The van der Waals surface area contributed by atoms with Gasteiger partial charge in [-0.05, 0) is 46.9 Å². The minimum absolute atomic E-state index is 0.515. The molecule has 22 heavy (non-hydrogen) atoms. The Morgan fingerprint density at radius 2 is 2.18 bits per heavy atom. The van der Waals surface area contributed by atoms with Crippen LogP contribution in [0.5, 0.6) is 5.88 Å². The Kier molecular flexibility index (Phi) is 3.88. The number of hydrogen-bond acceptors (Lipinski definition) is 3. The Morgan fingerprint density at radius 3 is 2.91 bits per heavy atom. The number of hydrogen-bond donors (Lipinski definition) is 3. The highest BCUT2D eigenvalue weighted by Gasteiger charge is 2.14. The first-order chi connectivity index (χ1) is 10.6. The van der Waals surface area contributed by atoms with Gasteiger partial charge in [0.2, 0.25) is 5.88 Å². The van der Waals surface area contributed by atoms with Gasteiger partial charge in [-0.25, -0.2) is 9.78 Å². The third kappa shape index (κ3) is 2.71. The number of nitrogens with zero attached hydrogens (tertiary/aromatic N) is 1. The van der Waals surface area contributed by atoms with Gasteiger partial charge in [-0.3, -0.25) is 5.32 Å². The summed E-state index contributed by atoms with van der Waals surface area (Å²) in [4.78, 5) is 18.2. The summed E-state index contributed by atoms with van der Waals surface area (Å²) in [5, 5.41) is 12.1. The molecule has 3 rings (SSSR count). The summed E-state index contributed by atoms with van der Waals surface area (Å²) in [5.74, 6) is 0.544. The van der Waals surface area contributed by atoms with Crippen molar-refractivity contribution in [3.63, 3.8) is 0 Å². The van der Waals surface area contributed by atoms with Gasteiger partial charge in [0.25, 0.3) is 0 Å². The number of aromatic nitrogens is 2. The van der Waals surface area contributed by atoms with Crippen molar-refractivity contribution in [1.82, 2.24) is 9.97 Å². The van der Waals surface area contributed by atoms with Gasteiger partial charge in [0, 0.05) is 26.4 Å². The highest BCUT2D eigenvalue weighted by Crippen LogP contribution is 2.34. The monoisotopic (exact) mass is 409 g/mol. The van der Waals surface area contributed by atoms with E-state index in [2.05, 4.69) is 37.9 Å². The second-order valence-electron chi connectivity index (χ2n) is 4.59. The number of fused-ring (bicyclic) bond motifs is 1. The smallest absolute Gasteiger partial charge is 0.409 e. The van der Waals surface area contributed by atoms with Crippen molar-refractivity contribution in [2.24, 2.45) is 0 Å². The highest BCUT2D eigenvalue weighted by molar-refractivity contribution is 14.1. The standard InChI is InChI=1S/C15H12IN3O3/c1-22-14-13(10(16)4-5-17-14)12-6-8-2-3-9(18-15(20)21)7-11(8)19-12/h2-7,18-19H,1H3,(H,20,21). The minimum Gasteiger partial charge on any atom is -0.480 e. The van der Waals surface area contributed by atoms with Crippen LogP contribution in [-0.4, -0.2) is 28.3 Å². The molecule has 0 bridgehead atoms. The quantitative estimate of drug-likeness (QED) is 0.572. The van der Waals surface area contributed by atoms with Gasteiger partial charge in [0.1, 0.15) is 0 Å². The number of carbonyl (C=O) groups is 1. The molecule has 0 unspecified atom stereocenters. The molecule has 0 radical (unpaired) electrons. The van der Waals surface area contributed by atoms with Crippen molar-refractivity contribution in [3.05, 3.63) is 40.1 Å². The van der Waals surface area contributed by atoms with E-state index in [-0.39, 0.29) is 0 Å². The lowest BCUT2D eigenvalue weighted by atomic mass is 10.2. The number of amides is 1. The number of nitrogens with one attached hydrogen (secondary N) is 2. The maximum absolute atomic E-state index is 10.7. The number of halogens is 1. The van der Waals surface area contributed by atoms with Crippen molar-refractivity contribution < 1.29 is 14.6 Å². The van der Waals surface area contributed by atoms with E-state index in [4.69, 9.17) is 9.84 Å². The van der Waals surface area contributed by atoms with Crippen molar-refractivity contribution in [3.8, 4) is 17.1 Å². The van der Waals surface area contributed by atoms with Gasteiger partial charge in [-0.15, -0.1) is 0 Å². The number of aromatic amines is 1. The lowest BCUT2D eigenvalue weighted by Gasteiger charge is -2.07. The fraction of sp³-hybridized carbons (Fsp3) is 0.0667. The maximum atomic E-state index is 10.7. The zero-order valence-corrected chi connectivity index (χ0v) is 13.7. The molecule has 0 atom stereocenters. The highest BCUT2D eigenvalue weighted by atomic mass is 127. The number of anilines is 1. The van der Waals surface area contributed by atoms with E-state index in [1.807, 2.05) is 18.2 Å². The Balaban J connectivity index is 2.11. The molecule has 3 aromatic rings. The van der Waals surface area contributed by atoms with Gasteiger partial charge in [-0.1, -0.05) is 6.07 Å². The number of H-pyrrole nitrogens is 1. The molecule has 1 amide bonds. The van der Waals surface area contributed by atoms with E-state index in [0.29, 0.717) is 11.6 Å². The molecule has 112 valence electrons. The first kappa shape index (κ1) is 14.6. The molecule has 0 aliphatic rings. The molecule has 7 heteroatoms. The van der Waals surface area contributed by atoms with E-state index < -0.39 is 6.09 Å². The van der Waals surface area contributed by atoms with Gasteiger partial charge in [0.05, 0.1) is 18.4 Å². The summed E-state index contributed by atoms with van der Waals surface area (Å²) in [5.41, 5.74) is 3.11. The Hall–Kier alpha value is -2.29. The minimum atomic E-state index is -1.09. The zero-order chi connectivity index (χ0) is 15.7. The van der Waals surface area contributed by atoms with Crippen LogP contribution in [0.1, 0.15) is 0 Å². The summed E-state index contributed by atoms with van der Waals surface area (Å²) in [7, 11) is 1.58. The lowest BCUT2D eigenvalue weighted by Crippen LogP contribution is -2.06. The predicted octanol–water partition coefficient (Wildman–Crippen LogP) is 3.93. The summed E-state index contributed by atoms with van der Waals surface area (Å²) >= 11 is 2.23. The Morgan fingerprint density at radius 1 is 1.36 bits per heavy atom. The summed E-state index contributed by atoms with van der Waals surface area (Å²) in [6.07, 6.45) is 0.608. The topological polar surface area (TPSA) is 87.2 Å². The van der Waals surface area contributed by atoms with E-state index in [9.17, 15) is 4.79 Å². The number of carboxylic acid groups (broad SMARTS) is 1. The molecule has 3 N–H and O–H groups in total. The number of rotatable bonds is 3. The SMILES string of the molecule is COc1nccc(I)c1-c1cc2ccc(NC(=O)O)cc2[nH]1. The van der Waals surface area contributed by atoms with Crippen LogP contribution in [0.4, 0.5) is 10.5 Å². The normalized spacial score (nSPS) is 10.6. The lowest BCUT2D eigenvalue weighted by molar-refractivity contribution is 0.210. The second kappa shape index (κ2) is 5.84. The van der Waals surface area contributed by atoms with Crippen LogP contribution in [0.15, 0.2) is 36.5 Å². The number of methoxy groups -OCH3 is 1. The van der Waals surface area contributed by atoms with Gasteiger partial charge < -0.3 is 14.8 Å².